The van der Waals surface area contributed by atoms with Crippen LogP contribution in [0.1, 0.15) is 12.0 Å². The Morgan fingerprint density at radius 3 is 1.02 bits per heavy atom. The van der Waals surface area contributed by atoms with Crippen LogP contribution in [0.2, 0.25) is 0 Å². The van der Waals surface area contributed by atoms with E-state index in [1.807, 2.05) is 0 Å². The van der Waals surface area contributed by atoms with Crippen LogP contribution in [-0.2, 0) is 0 Å². The number of fused-ring (bicyclic) bond motifs is 1. The predicted molar refractivity (Wildman–Crippen MR) is 265 cm³/mol. The number of hydrogen-bond acceptors (Lipinski definition) is 3. The lowest BCUT2D eigenvalue weighted by Crippen LogP contribution is -2.20. The van der Waals surface area contributed by atoms with E-state index in [-0.39, 0.29) is 0 Å². The van der Waals surface area contributed by atoms with Crippen LogP contribution in [0.3, 0.4) is 0 Å². The lowest BCUT2D eigenvalue weighted by atomic mass is 9.99. The zero-order valence-electron chi connectivity index (χ0n) is 35.0. The Hall–Kier alpha value is -8.14. The molecule has 9 aromatic carbocycles. The second-order valence-corrected chi connectivity index (χ2v) is 15.8. The summed E-state index contributed by atoms with van der Waals surface area (Å²) in [5.74, 6) is 0.823. The molecule has 3 nitrogen and oxygen atoms in total. The van der Waals surface area contributed by atoms with E-state index < -0.39 is 0 Å². The summed E-state index contributed by atoms with van der Waals surface area (Å²) in [5.41, 5.74) is 17.6. The summed E-state index contributed by atoms with van der Waals surface area (Å²) in [6.07, 6.45) is 2.93. The van der Waals surface area contributed by atoms with Gasteiger partial charge in [0.15, 0.2) is 0 Å². The van der Waals surface area contributed by atoms with Crippen LogP contribution in [0.4, 0.5) is 28.4 Å². The molecule has 0 spiro atoms. The van der Waals surface area contributed by atoms with Gasteiger partial charge in [0.05, 0.1) is 6.61 Å². The van der Waals surface area contributed by atoms with Gasteiger partial charge in [0.1, 0.15) is 5.75 Å². The van der Waals surface area contributed by atoms with Crippen molar-refractivity contribution in [2.75, 3.05) is 16.4 Å². The monoisotopic (exact) mass is 810 g/mol. The van der Waals surface area contributed by atoms with Crippen LogP contribution in [0.5, 0.6) is 5.75 Å². The van der Waals surface area contributed by atoms with Crippen molar-refractivity contribution < 1.29 is 4.74 Å². The zero-order chi connectivity index (χ0) is 42.4. The molecule has 1 aliphatic heterocycles. The maximum absolute atomic E-state index is 6.63. The molecular weight excluding hydrogens is 765 g/mol. The minimum absolute atomic E-state index is 0.512. The molecule has 0 fully saturated rings. The average molecular weight is 811 g/mol. The standard InChI is InChI=1S/C60H46N2O/c1-44-42-58(62(55-34-26-51(27-35-55)47-18-10-4-11-19-47)56-36-28-52(29-37-56)48-20-12-5-13-21-48)40-41-63-60-39-38-57(43-59(44)60)61(53-30-22-49(23-31-53)45-14-6-2-7-15-45)54-32-24-50(25-33-54)46-16-8-3-9-17-46/h2-39,42-43H,1,40-41H2/b58-42+. The maximum atomic E-state index is 6.63. The summed E-state index contributed by atoms with van der Waals surface area (Å²) in [7, 11) is 0. The quantitative estimate of drug-likeness (QED) is 0.137. The minimum Gasteiger partial charge on any atom is -0.493 e. The molecule has 63 heavy (non-hydrogen) atoms. The van der Waals surface area contributed by atoms with Gasteiger partial charge in [-0.1, -0.05) is 176 Å². The Morgan fingerprint density at radius 2 is 0.651 bits per heavy atom. The van der Waals surface area contributed by atoms with Crippen LogP contribution >= 0.6 is 0 Å². The molecule has 0 saturated heterocycles. The lowest BCUT2D eigenvalue weighted by Gasteiger charge is -2.31. The normalized spacial score (nSPS) is 13.1. The van der Waals surface area contributed by atoms with Crippen molar-refractivity contribution in [3.63, 3.8) is 0 Å². The van der Waals surface area contributed by atoms with Crippen molar-refractivity contribution in [2.24, 2.45) is 0 Å². The van der Waals surface area contributed by atoms with Crippen molar-refractivity contribution in [2.45, 2.75) is 6.42 Å². The second-order valence-electron chi connectivity index (χ2n) is 15.8. The summed E-state index contributed by atoms with van der Waals surface area (Å²) < 4.78 is 6.63. The fraction of sp³-hybridized carbons (Fsp3) is 0.0333. The highest BCUT2D eigenvalue weighted by atomic mass is 16.5. The molecule has 1 heterocycles. The van der Waals surface area contributed by atoms with E-state index in [4.69, 9.17) is 11.3 Å². The first kappa shape index (κ1) is 39.0. The summed E-state index contributed by atoms with van der Waals surface area (Å²) in [4.78, 5) is 4.66. The number of nitrogens with zero attached hydrogens (tertiary/aromatic N) is 2. The van der Waals surface area contributed by atoms with Gasteiger partial charge >= 0.3 is 0 Å². The molecule has 0 unspecified atom stereocenters. The summed E-state index contributed by atoms with van der Waals surface area (Å²) in [5, 5.41) is 0. The highest BCUT2D eigenvalue weighted by Crippen LogP contribution is 2.42. The SMILES string of the molecule is C=C1/C=C(/N(c2ccc(-c3ccccc3)cc2)c2ccc(-c3ccccc3)cc2)CCOc2ccc(N(c3ccc(-c4ccccc4)cc3)c3ccc(-c4ccccc4)cc3)cc21. The van der Waals surface area contributed by atoms with Gasteiger partial charge in [-0.3, -0.25) is 0 Å². The van der Waals surface area contributed by atoms with E-state index in [1.165, 1.54) is 44.5 Å². The molecule has 0 N–H and O–H groups in total. The Bertz CT molecular complexity index is 2810. The number of benzene rings is 9. The van der Waals surface area contributed by atoms with Gasteiger partial charge in [-0.05, 0) is 123 Å². The first-order valence-corrected chi connectivity index (χ1v) is 21.5. The van der Waals surface area contributed by atoms with Crippen LogP contribution < -0.4 is 14.5 Å². The Morgan fingerprint density at radius 1 is 0.333 bits per heavy atom. The van der Waals surface area contributed by atoms with Crippen LogP contribution in [0.25, 0.3) is 50.1 Å². The van der Waals surface area contributed by atoms with E-state index in [0.29, 0.717) is 13.0 Å². The third-order valence-corrected chi connectivity index (χ3v) is 11.7. The Balaban J connectivity index is 1.03. The second kappa shape index (κ2) is 17.8. The highest BCUT2D eigenvalue weighted by Gasteiger charge is 2.22. The molecule has 302 valence electrons. The molecule has 0 bridgehead atoms. The predicted octanol–water partition coefficient (Wildman–Crippen LogP) is 16.3. The smallest absolute Gasteiger partial charge is 0.127 e. The molecule has 10 rings (SSSR count). The first-order valence-electron chi connectivity index (χ1n) is 21.5. The molecule has 0 amide bonds. The van der Waals surface area contributed by atoms with Gasteiger partial charge in [0.2, 0.25) is 0 Å². The molecule has 3 heteroatoms. The lowest BCUT2D eigenvalue weighted by molar-refractivity contribution is 0.319. The van der Waals surface area contributed by atoms with Crippen molar-refractivity contribution in [3.8, 4) is 50.3 Å². The van der Waals surface area contributed by atoms with Gasteiger partial charge in [-0.15, -0.1) is 0 Å². The van der Waals surface area contributed by atoms with E-state index >= 15 is 0 Å². The van der Waals surface area contributed by atoms with Crippen LogP contribution in [0.15, 0.2) is 255 Å². The van der Waals surface area contributed by atoms with E-state index in [9.17, 15) is 0 Å². The van der Waals surface area contributed by atoms with Crippen molar-refractivity contribution >= 4 is 34.0 Å². The molecule has 0 atom stereocenters. The summed E-state index contributed by atoms with van der Waals surface area (Å²) >= 11 is 0. The number of hydrogen-bond donors (Lipinski definition) is 0. The fourth-order valence-electron chi connectivity index (χ4n) is 8.49. The minimum atomic E-state index is 0.512. The van der Waals surface area contributed by atoms with Crippen molar-refractivity contribution in [1.29, 1.82) is 0 Å². The van der Waals surface area contributed by atoms with E-state index in [0.717, 1.165) is 51.0 Å². The van der Waals surface area contributed by atoms with Gasteiger partial charge in [-0.2, -0.15) is 0 Å². The Labute approximate surface area is 370 Å². The Kier molecular flexibility index (Phi) is 11.0. The van der Waals surface area contributed by atoms with E-state index in [2.05, 4.69) is 252 Å². The summed E-state index contributed by atoms with van der Waals surface area (Å²) in [6.45, 7) is 5.23. The largest absolute Gasteiger partial charge is 0.493 e. The molecule has 1 aliphatic rings. The molecule has 0 aromatic heterocycles. The topological polar surface area (TPSA) is 15.7 Å². The summed E-state index contributed by atoms with van der Waals surface area (Å²) in [6, 6.07) is 83.9. The van der Waals surface area contributed by atoms with Gasteiger partial charge < -0.3 is 14.5 Å². The third-order valence-electron chi connectivity index (χ3n) is 11.7. The highest BCUT2D eigenvalue weighted by molar-refractivity contribution is 5.86. The molecule has 0 radical (unpaired) electrons. The number of allylic oxidation sites excluding steroid dienone is 2. The first-order chi connectivity index (χ1) is 31.1. The maximum Gasteiger partial charge on any atom is 0.127 e. The zero-order valence-corrected chi connectivity index (χ0v) is 35.0. The molecule has 0 aliphatic carbocycles. The van der Waals surface area contributed by atoms with Crippen molar-refractivity contribution in [1.82, 2.24) is 0 Å². The molecular formula is C60H46N2O. The number of anilines is 5. The van der Waals surface area contributed by atoms with E-state index in [1.54, 1.807) is 0 Å². The van der Waals surface area contributed by atoms with Gasteiger partial charge in [-0.25, -0.2) is 0 Å². The number of rotatable bonds is 10. The van der Waals surface area contributed by atoms with Crippen LogP contribution in [0, 0.1) is 0 Å². The number of ether oxygens (including phenoxy) is 1. The van der Waals surface area contributed by atoms with Crippen LogP contribution in [-0.4, -0.2) is 6.61 Å². The third kappa shape index (κ3) is 8.46. The molecule has 9 aromatic rings. The average Bonchev–Trinajstić information content (AvgIpc) is 3.36. The van der Waals surface area contributed by atoms with Crippen molar-refractivity contribution in [3.05, 3.63) is 261 Å². The fourth-order valence-corrected chi connectivity index (χ4v) is 8.49. The van der Waals surface area contributed by atoms with Gasteiger partial charge in [0, 0.05) is 46.1 Å². The molecule has 0 saturated carbocycles. The van der Waals surface area contributed by atoms with Gasteiger partial charge in [0.25, 0.3) is 0 Å².